The van der Waals surface area contributed by atoms with Crippen LogP contribution in [0.4, 0.5) is 0 Å². The Morgan fingerprint density at radius 2 is 2.11 bits per heavy atom. The van der Waals surface area contributed by atoms with Crippen molar-refractivity contribution in [3.8, 4) is 0 Å². The van der Waals surface area contributed by atoms with E-state index in [2.05, 4.69) is 31.6 Å². The summed E-state index contributed by atoms with van der Waals surface area (Å²) >= 11 is 4.77. The Morgan fingerprint density at radius 3 is 2.78 bits per heavy atom. The number of amides is 1. The van der Waals surface area contributed by atoms with Crippen molar-refractivity contribution in [2.24, 2.45) is 0 Å². The van der Waals surface area contributed by atoms with E-state index in [0.717, 1.165) is 4.47 Å². The fraction of sp³-hybridized carbons (Fsp3) is 0.182. The molecule has 0 aliphatic heterocycles. The summed E-state index contributed by atoms with van der Waals surface area (Å²) in [5, 5.41) is 8.52. The average Bonchev–Trinajstić information content (AvgIpc) is 2.71. The molecular formula is C11H11BrN4OS. The van der Waals surface area contributed by atoms with Crippen molar-refractivity contribution in [1.29, 1.82) is 0 Å². The molecule has 0 saturated heterocycles. The zero-order valence-corrected chi connectivity index (χ0v) is 12.2. The number of halogens is 1. The van der Waals surface area contributed by atoms with E-state index in [1.165, 1.54) is 11.8 Å². The van der Waals surface area contributed by atoms with Gasteiger partial charge < -0.3 is 0 Å². The molecule has 94 valence electrons. The van der Waals surface area contributed by atoms with Crippen LogP contribution in [0.2, 0.25) is 0 Å². The van der Waals surface area contributed by atoms with Crippen LogP contribution >= 0.6 is 27.7 Å². The lowest BCUT2D eigenvalue weighted by Gasteiger charge is -2.09. The summed E-state index contributed by atoms with van der Waals surface area (Å²) in [5.74, 6) is 0.431. The molecular weight excluding hydrogens is 316 g/mol. The third-order valence-corrected chi connectivity index (χ3v) is 3.63. The number of benzene rings is 1. The van der Waals surface area contributed by atoms with E-state index in [1.807, 2.05) is 24.5 Å². The maximum atomic E-state index is 12.1. The van der Waals surface area contributed by atoms with Gasteiger partial charge in [0, 0.05) is 4.47 Å². The molecule has 2 aromatic rings. The smallest absolute Gasteiger partial charge is 0.267 e. The fourth-order valence-electron chi connectivity index (χ4n) is 1.41. The summed E-state index contributed by atoms with van der Waals surface area (Å²) in [5.41, 5.74) is 3.34. The van der Waals surface area contributed by atoms with Gasteiger partial charge in [-0.1, -0.05) is 23.9 Å². The summed E-state index contributed by atoms with van der Waals surface area (Å²) in [4.78, 5) is 12.1. The number of carbonyl (C=O) groups is 1. The van der Waals surface area contributed by atoms with Gasteiger partial charge in [-0.05, 0) is 41.2 Å². The van der Waals surface area contributed by atoms with Crippen LogP contribution in [0, 0.1) is 6.92 Å². The van der Waals surface area contributed by atoms with Gasteiger partial charge in [0.1, 0.15) is 5.82 Å². The zero-order chi connectivity index (χ0) is 13.1. The summed E-state index contributed by atoms with van der Waals surface area (Å²) in [7, 11) is 0. The second-order valence-electron chi connectivity index (χ2n) is 3.49. The minimum Gasteiger partial charge on any atom is -0.267 e. The first-order chi connectivity index (χ1) is 8.63. The Hall–Kier alpha value is -1.34. The Balaban J connectivity index is 2.27. The highest BCUT2D eigenvalue weighted by atomic mass is 79.9. The molecule has 5 nitrogen and oxygen atoms in total. The molecule has 0 unspecified atom stereocenters. The van der Waals surface area contributed by atoms with Gasteiger partial charge in [-0.25, -0.2) is 4.68 Å². The number of nitrogens with zero attached hydrogens (tertiary/aromatic N) is 3. The van der Waals surface area contributed by atoms with Gasteiger partial charge in [0.05, 0.1) is 5.56 Å². The van der Waals surface area contributed by atoms with Crippen LogP contribution in [0.15, 0.2) is 33.9 Å². The molecule has 0 spiro atoms. The third kappa shape index (κ3) is 2.56. The molecule has 7 heteroatoms. The molecule has 1 aromatic carbocycles. The van der Waals surface area contributed by atoms with Crippen molar-refractivity contribution in [2.75, 3.05) is 11.7 Å². The Kier molecular flexibility index (Phi) is 4.03. The first-order valence-electron chi connectivity index (χ1n) is 5.15. The lowest BCUT2D eigenvalue weighted by Crippen LogP contribution is -2.24. The number of rotatable bonds is 3. The SMILES string of the molecule is CSc1nnc(C)n1NC(=O)c1ccccc1Br. The van der Waals surface area contributed by atoms with Gasteiger partial charge in [0.2, 0.25) is 5.16 Å². The molecule has 1 amide bonds. The molecule has 0 fully saturated rings. The highest BCUT2D eigenvalue weighted by Crippen LogP contribution is 2.17. The summed E-state index contributed by atoms with van der Waals surface area (Å²) in [6.45, 7) is 1.78. The molecule has 0 radical (unpaired) electrons. The molecule has 1 N–H and O–H groups in total. The first-order valence-corrected chi connectivity index (χ1v) is 7.17. The van der Waals surface area contributed by atoms with E-state index in [4.69, 9.17) is 0 Å². The standard InChI is InChI=1S/C11H11BrN4OS/c1-7-13-14-11(18-2)16(7)15-10(17)8-5-3-4-6-9(8)12/h3-6H,1-2H3,(H,15,17). The molecule has 0 bridgehead atoms. The van der Waals surface area contributed by atoms with Crippen LogP contribution in [-0.4, -0.2) is 27.0 Å². The topological polar surface area (TPSA) is 59.8 Å². The minimum absolute atomic E-state index is 0.208. The summed E-state index contributed by atoms with van der Waals surface area (Å²) in [6, 6.07) is 7.24. The van der Waals surface area contributed by atoms with E-state index in [1.54, 1.807) is 17.7 Å². The van der Waals surface area contributed by atoms with Crippen LogP contribution in [0.25, 0.3) is 0 Å². The highest BCUT2D eigenvalue weighted by molar-refractivity contribution is 9.10. The van der Waals surface area contributed by atoms with Crippen LogP contribution in [-0.2, 0) is 0 Å². The van der Waals surface area contributed by atoms with Crippen LogP contribution in [0.3, 0.4) is 0 Å². The maximum absolute atomic E-state index is 12.1. The zero-order valence-electron chi connectivity index (χ0n) is 9.85. The van der Waals surface area contributed by atoms with E-state index in [-0.39, 0.29) is 5.91 Å². The van der Waals surface area contributed by atoms with Gasteiger partial charge in [-0.15, -0.1) is 10.2 Å². The van der Waals surface area contributed by atoms with E-state index in [0.29, 0.717) is 16.5 Å². The van der Waals surface area contributed by atoms with Crippen LogP contribution in [0.5, 0.6) is 0 Å². The number of aromatic nitrogens is 3. The maximum Gasteiger partial charge on any atom is 0.271 e. The van der Waals surface area contributed by atoms with Crippen LogP contribution < -0.4 is 5.43 Å². The molecule has 1 heterocycles. The predicted molar refractivity (Wildman–Crippen MR) is 74.4 cm³/mol. The monoisotopic (exact) mass is 326 g/mol. The van der Waals surface area contributed by atoms with Crippen molar-refractivity contribution < 1.29 is 4.79 Å². The Bertz CT molecular complexity index is 584. The average molecular weight is 327 g/mol. The molecule has 2 rings (SSSR count). The summed E-state index contributed by atoms with van der Waals surface area (Å²) in [6.07, 6.45) is 1.88. The Morgan fingerprint density at radius 1 is 1.39 bits per heavy atom. The van der Waals surface area contributed by atoms with Gasteiger partial charge in [-0.2, -0.15) is 0 Å². The second-order valence-corrected chi connectivity index (χ2v) is 5.12. The molecule has 0 aliphatic carbocycles. The van der Waals surface area contributed by atoms with Crippen molar-refractivity contribution in [3.63, 3.8) is 0 Å². The first kappa shape index (κ1) is 13.1. The van der Waals surface area contributed by atoms with Gasteiger partial charge in [0.15, 0.2) is 0 Å². The van der Waals surface area contributed by atoms with Crippen LogP contribution in [0.1, 0.15) is 16.2 Å². The van der Waals surface area contributed by atoms with Gasteiger partial charge in [0.25, 0.3) is 5.91 Å². The van der Waals surface area contributed by atoms with E-state index >= 15 is 0 Å². The van der Waals surface area contributed by atoms with E-state index in [9.17, 15) is 4.79 Å². The second kappa shape index (κ2) is 5.53. The molecule has 0 saturated carbocycles. The van der Waals surface area contributed by atoms with Crippen molar-refractivity contribution in [2.45, 2.75) is 12.1 Å². The Labute approximate surface area is 117 Å². The number of nitrogens with one attached hydrogen (secondary N) is 1. The molecule has 18 heavy (non-hydrogen) atoms. The van der Waals surface area contributed by atoms with Crippen molar-refractivity contribution in [1.82, 2.24) is 14.9 Å². The number of hydrogen-bond acceptors (Lipinski definition) is 4. The highest BCUT2D eigenvalue weighted by Gasteiger charge is 2.13. The van der Waals surface area contributed by atoms with E-state index < -0.39 is 0 Å². The third-order valence-electron chi connectivity index (χ3n) is 2.31. The molecule has 0 atom stereocenters. The minimum atomic E-state index is -0.208. The van der Waals surface area contributed by atoms with Crippen molar-refractivity contribution in [3.05, 3.63) is 40.1 Å². The van der Waals surface area contributed by atoms with Gasteiger partial charge in [-0.3, -0.25) is 10.2 Å². The molecule has 1 aromatic heterocycles. The normalized spacial score (nSPS) is 10.4. The van der Waals surface area contributed by atoms with Crippen molar-refractivity contribution >= 4 is 33.6 Å². The largest absolute Gasteiger partial charge is 0.271 e. The number of aryl methyl sites for hydroxylation is 1. The predicted octanol–water partition coefficient (Wildman–Crippen LogP) is 2.45. The quantitative estimate of drug-likeness (QED) is 0.880. The fourth-order valence-corrected chi connectivity index (χ4v) is 2.36. The number of carbonyl (C=O) groups excluding carboxylic acids is 1. The number of thioether (sulfide) groups is 1. The summed E-state index contributed by atoms with van der Waals surface area (Å²) < 4.78 is 2.32. The number of hydrogen-bond donors (Lipinski definition) is 1. The lowest BCUT2D eigenvalue weighted by atomic mass is 10.2. The van der Waals surface area contributed by atoms with Gasteiger partial charge >= 0.3 is 0 Å². The lowest BCUT2D eigenvalue weighted by molar-refractivity contribution is 0.100. The molecule has 0 aliphatic rings.